The molecule has 2 heterocycles. The molecule has 0 fully saturated rings. The summed E-state index contributed by atoms with van der Waals surface area (Å²) in [7, 11) is 1.72. The molecular weight excluding hydrogens is 337 g/mol. The molecule has 6 nitrogen and oxygen atoms in total. The molecule has 9 heteroatoms. The number of carbonyl (C=O) groups is 1. The van der Waals surface area contributed by atoms with Crippen molar-refractivity contribution in [1.82, 2.24) is 20.9 Å². The smallest absolute Gasteiger partial charge is 0.278 e. The molecule has 1 atom stereocenters. The quantitative estimate of drug-likeness (QED) is 0.645. The first-order chi connectivity index (χ1) is 11.8. The molecule has 0 bridgehead atoms. The summed E-state index contributed by atoms with van der Waals surface area (Å²) in [5.74, 6) is -4.62. The van der Waals surface area contributed by atoms with Gasteiger partial charge in [0.05, 0.1) is 11.6 Å². The van der Waals surface area contributed by atoms with Crippen molar-refractivity contribution in [3.8, 4) is 5.88 Å². The fourth-order valence-electron chi connectivity index (χ4n) is 2.10. The first kappa shape index (κ1) is 18.8. The molecule has 2 rings (SSSR count). The van der Waals surface area contributed by atoms with Gasteiger partial charge in [-0.1, -0.05) is 0 Å². The molecule has 0 saturated carbocycles. The van der Waals surface area contributed by atoms with Crippen molar-refractivity contribution < 1.29 is 22.7 Å². The van der Waals surface area contributed by atoms with Crippen molar-refractivity contribution in [3.05, 3.63) is 47.7 Å². The van der Waals surface area contributed by atoms with Crippen LogP contribution in [0.5, 0.6) is 5.88 Å². The van der Waals surface area contributed by atoms with Crippen LogP contribution < -0.4 is 20.7 Å². The fraction of sp³-hybridized carbons (Fsp3) is 0.375. The van der Waals surface area contributed by atoms with E-state index in [1.54, 1.807) is 19.3 Å². The molecule has 1 unspecified atom stereocenters. The van der Waals surface area contributed by atoms with Gasteiger partial charge in [0.1, 0.15) is 0 Å². The minimum Gasteiger partial charge on any atom is -0.469 e. The minimum absolute atomic E-state index is 0.199. The number of likely N-dealkylation sites (N-methyl/N-ethyl adjacent to an activating group) is 1. The van der Waals surface area contributed by atoms with Gasteiger partial charge in [0.15, 0.2) is 12.4 Å². The van der Waals surface area contributed by atoms with E-state index in [1.807, 2.05) is 0 Å². The number of amides is 1. The monoisotopic (exact) mass is 356 g/mol. The van der Waals surface area contributed by atoms with Crippen LogP contribution in [-0.4, -0.2) is 36.5 Å². The first-order valence-corrected chi connectivity index (χ1v) is 7.53. The number of halogens is 3. The topological polar surface area (TPSA) is 75.3 Å². The summed E-state index contributed by atoms with van der Waals surface area (Å²) >= 11 is 0. The summed E-state index contributed by atoms with van der Waals surface area (Å²) in [6.45, 7) is -0.0779. The predicted octanol–water partition coefficient (Wildman–Crippen LogP) is 1.46. The van der Waals surface area contributed by atoms with Crippen molar-refractivity contribution in [2.75, 3.05) is 13.7 Å². The molecule has 0 spiro atoms. The van der Waals surface area contributed by atoms with Crippen LogP contribution in [0.3, 0.4) is 0 Å². The van der Waals surface area contributed by atoms with Gasteiger partial charge in [-0.3, -0.25) is 4.79 Å². The van der Waals surface area contributed by atoms with E-state index in [0.29, 0.717) is 18.1 Å². The summed E-state index contributed by atoms with van der Waals surface area (Å²) in [6.07, 6.45) is 6.18. The second-order valence-electron chi connectivity index (χ2n) is 5.57. The van der Waals surface area contributed by atoms with E-state index in [4.69, 9.17) is 0 Å². The third kappa shape index (κ3) is 5.49. The number of pyridine rings is 1. The summed E-state index contributed by atoms with van der Waals surface area (Å²) < 4.78 is 43.9. The van der Waals surface area contributed by atoms with Crippen molar-refractivity contribution in [2.24, 2.45) is 0 Å². The Balaban J connectivity index is 1.97. The Morgan fingerprint density at radius 2 is 2.24 bits per heavy atom. The summed E-state index contributed by atoms with van der Waals surface area (Å²) in [5.41, 5.74) is 0.946. The maximum atomic E-state index is 13.8. The third-order valence-electron chi connectivity index (χ3n) is 3.30. The minimum atomic E-state index is -3.07. The predicted molar refractivity (Wildman–Crippen MR) is 85.4 cm³/mol. The van der Waals surface area contributed by atoms with E-state index in [2.05, 4.69) is 25.7 Å². The van der Waals surface area contributed by atoms with Gasteiger partial charge in [0, 0.05) is 32.1 Å². The van der Waals surface area contributed by atoms with Gasteiger partial charge >= 0.3 is 0 Å². The van der Waals surface area contributed by atoms with E-state index in [-0.39, 0.29) is 18.5 Å². The Morgan fingerprint density at radius 3 is 2.88 bits per heavy atom. The lowest BCUT2D eigenvalue weighted by Crippen LogP contribution is -2.38. The molecule has 0 aliphatic carbocycles. The zero-order valence-electron chi connectivity index (χ0n) is 13.8. The van der Waals surface area contributed by atoms with E-state index >= 15 is 0 Å². The van der Waals surface area contributed by atoms with Gasteiger partial charge < -0.3 is 20.7 Å². The van der Waals surface area contributed by atoms with Gasteiger partial charge in [-0.25, -0.2) is 18.2 Å². The SMILES string of the molecule is CNC1C=CNC(=O)/C1=C/NCc1cnc(OCC(C)(F)F)c(F)c1. The lowest BCUT2D eigenvalue weighted by molar-refractivity contribution is -0.117. The van der Waals surface area contributed by atoms with Gasteiger partial charge in [-0.05, 0) is 24.8 Å². The lowest BCUT2D eigenvalue weighted by atomic mass is 10.1. The number of alkyl halides is 2. The third-order valence-corrected chi connectivity index (χ3v) is 3.30. The first-order valence-electron chi connectivity index (χ1n) is 7.53. The van der Waals surface area contributed by atoms with Crippen LogP contribution >= 0.6 is 0 Å². The van der Waals surface area contributed by atoms with Gasteiger partial charge in [0.2, 0.25) is 0 Å². The zero-order valence-corrected chi connectivity index (χ0v) is 13.8. The van der Waals surface area contributed by atoms with Crippen LogP contribution in [0.4, 0.5) is 13.2 Å². The van der Waals surface area contributed by atoms with Crippen LogP contribution in [-0.2, 0) is 11.3 Å². The molecule has 1 aromatic heterocycles. The number of ether oxygens (including phenoxy) is 1. The molecule has 1 aliphatic heterocycles. The van der Waals surface area contributed by atoms with E-state index < -0.39 is 24.2 Å². The molecule has 1 aliphatic rings. The van der Waals surface area contributed by atoms with Crippen molar-refractivity contribution in [1.29, 1.82) is 0 Å². The highest BCUT2D eigenvalue weighted by Gasteiger charge is 2.23. The summed E-state index contributed by atoms with van der Waals surface area (Å²) in [4.78, 5) is 15.5. The van der Waals surface area contributed by atoms with Crippen LogP contribution in [0.2, 0.25) is 0 Å². The largest absolute Gasteiger partial charge is 0.469 e. The molecule has 1 amide bonds. The molecule has 0 aromatic carbocycles. The lowest BCUT2D eigenvalue weighted by Gasteiger charge is -2.19. The van der Waals surface area contributed by atoms with Crippen LogP contribution in [0, 0.1) is 5.82 Å². The molecular formula is C16H19F3N4O2. The Kier molecular flexibility index (Phi) is 6.02. The number of rotatable bonds is 7. The Labute approximate surface area is 143 Å². The zero-order chi connectivity index (χ0) is 18.4. The number of carbonyl (C=O) groups excluding carboxylic acids is 1. The van der Waals surface area contributed by atoms with Crippen molar-refractivity contribution in [3.63, 3.8) is 0 Å². The average molecular weight is 356 g/mol. The normalized spacial score (nSPS) is 19.0. The molecule has 0 radical (unpaired) electrons. The van der Waals surface area contributed by atoms with Gasteiger partial charge in [-0.15, -0.1) is 0 Å². The highest BCUT2D eigenvalue weighted by atomic mass is 19.3. The fourth-order valence-corrected chi connectivity index (χ4v) is 2.10. The molecule has 3 N–H and O–H groups in total. The summed E-state index contributed by atoms with van der Waals surface area (Å²) in [5, 5.41) is 8.44. The highest BCUT2D eigenvalue weighted by molar-refractivity contribution is 5.96. The number of aromatic nitrogens is 1. The maximum Gasteiger partial charge on any atom is 0.278 e. The second kappa shape index (κ2) is 8.02. The van der Waals surface area contributed by atoms with Crippen LogP contribution in [0.1, 0.15) is 12.5 Å². The van der Waals surface area contributed by atoms with Crippen LogP contribution in [0.25, 0.3) is 0 Å². The molecule has 1 aromatic rings. The van der Waals surface area contributed by atoms with Crippen LogP contribution in [0.15, 0.2) is 36.3 Å². The molecule has 25 heavy (non-hydrogen) atoms. The van der Waals surface area contributed by atoms with Gasteiger partial charge in [-0.2, -0.15) is 0 Å². The Bertz CT molecular complexity index is 686. The number of hydrogen-bond acceptors (Lipinski definition) is 5. The van der Waals surface area contributed by atoms with E-state index in [9.17, 15) is 18.0 Å². The van der Waals surface area contributed by atoms with Gasteiger partial charge in [0.25, 0.3) is 17.7 Å². The number of nitrogens with zero attached hydrogens (tertiary/aromatic N) is 1. The highest BCUT2D eigenvalue weighted by Crippen LogP contribution is 2.18. The molecule has 136 valence electrons. The van der Waals surface area contributed by atoms with Crippen molar-refractivity contribution >= 4 is 5.91 Å². The maximum absolute atomic E-state index is 13.8. The Morgan fingerprint density at radius 1 is 1.48 bits per heavy atom. The Hall–Kier alpha value is -2.55. The standard InChI is InChI=1S/C16H19F3N4O2/c1-16(18,19)9-25-15-12(17)5-10(7-23-15)6-21-8-11-13(20-2)3-4-22-14(11)24/h3-5,7-8,13,20-21H,6,9H2,1-2H3,(H,22,24)/b11-8+. The second-order valence-corrected chi connectivity index (χ2v) is 5.57. The van der Waals surface area contributed by atoms with Crippen molar-refractivity contribution in [2.45, 2.75) is 25.4 Å². The number of hydrogen-bond donors (Lipinski definition) is 3. The number of nitrogens with one attached hydrogen (secondary N) is 3. The average Bonchev–Trinajstić information content (AvgIpc) is 2.54. The van der Waals surface area contributed by atoms with E-state index in [0.717, 1.165) is 6.07 Å². The summed E-state index contributed by atoms with van der Waals surface area (Å²) in [6, 6.07) is 0.903. The molecule has 0 saturated heterocycles. The van der Waals surface area contributed by atoms with E-state index in [1.165, 1.54) is 12.4 Å².